The molecule has 1 aromatic carbocycles. The summed E-state index contributed by atoms with van der Waals surface area (Å²) in [5.41, 5.74) is 2.33. The lowest BCUT2D eigenvalue weighted by molar-refractivity contribution is 0.145. The molecule has 3 aromatic rings. The van der Waals surface area contributed by atoms with E-state index in [4.69, 9.17) is 17.0 Å². The monoisotopic (exact) mass is 404 g/mol. The number of nitrogens with one attached hydrogen (secondary N) is 1. The van der Waals surface area contributed by atoms with Crippen LogP contribution in [0.4, 0.5) is 10.8 Å². The summed E-state index contributed by atoms with van der Waals surface area (Å²) in [6.07, 6.45) is 1.10. The number of para-hydroxylation sites is 2. The molecule has 136 valence electrons. The van der Waals surface area contributed by atoms with Crippen molar-refractivity contribution in [1.29, 1.82) is 0 Å². The van der Waals surface area contributed by atoms with Crippen LogP contribution in [0, 0.1) is 3.95 Å². The molecule has 1 atom stereocenters. The van der Waals surface area contributed by atoms with E-state index in [1.807, 2.05) is 40.3 Å². The predicted molar refractivity (Wildman–Crippen MR) is 110 cm³/mol. The summed E-state index contributed by atoms with van der Waals surface area (Å²) in [6, 6.07) is 10.4. The van der Waals surface area contributed by atoms with E-state index in [1.165, 1.54) is 21.8 Å². The maximum Gasteiger partial charge on any atom is 0.209 e. The first kappa shape index (κ1) is 17.7. The third kappa shape index (κ3) is 3.42. The third-order valence-electron chi connectivity index (χ3n) is 4.67. The lowest BCUT2D eigenvalue weighted by Crippen LogP contribution is -2.35. The Morgan fingerprint density at radius 3 is 3.04 bits per heavy atom. The van der Waals surface area contributed by atoms with Crippen LogP contribution in [0.3, 0.4) is 0 Å². The van der Waals surface area contributed by atoms with Crippen molar-refractivity contribution in [1.82, 2.24) is 14.7 Å². The lowest BCUT2D eigenvalue weighted by Gasteiger charge is -2.33. The number of methoxy groups -OCH3 is 1. The minimum absolute atomic E-state index is 0.388. The first-order chi connectivity index (χ1) is 12.7. The van der Waals surface area contributed by atoms with Crippen molar-refractivity contribution in [2.75, 3.05) is 19.0 Å². The number of anilines is 2. The Kier molecular flexibility index (Phi) is 5.08. The van der Waals surface area contributed by atoms with Crippen molar-refractivity contribution in [2.24, 2.45) is 0 Å². The fourth-order valence-corrected chi connectivity index (χ4v) is 5.20. The first-order valence-corrected chi connectivity index (χ1v) is 10.5. The number of fused-ring (bicyclic) bond motifs is 1. The number of benzene rings is 1. The highest BCUT2D eigenvalue weighted by Gasteiger charge is 2.25. The first-order valence-electron chi connectivity index (χ1n) is 8.44. The molecule has 26 heavy (non-hydrogen) atoms. The average molecular weight is 405 g/mol. The van der Waals surface area contributed by atoms with E-state index in [2.05, 4.69) is 33.7 Å². The van der Waals surface area contributed by atoms with Crippen LogP contribution in [0.15, 0.2) is 35.7 Å². The predicted octanol–water partition coefficient (Wildman–Crippen LogP) is 5.06. The molecular formula is C18H20N4OS3. The zero-order valence-corrected chi connectivity index (χ0v) is 17.1. The minimum atomic E-state index is 0.388. The highest BCUT2D eigenvalue weighted by molar-refractivity contribution is 7.73. The van der Waals surface area contributed by atoms with Crippen molar-refractivity contribution >= 4 is 45.7 Å². The van der Waals surface area contributed by atoms with Crippen molar-refractivity contribution < 1.29 is 4.74 Å². The molecule has 0 saturated carbocycles. The van der Waals surface area contributed by atoms with Gasteiger partial charge in [-0.15, -0.1) is 16.4 Å². The van der Waals surface area contributed by atoms with Crippen LogP contribution in [0.25, 0.3) is 0 Å². The Bertz CT molecular complexity index is 961. The molecule has 1 aliphatic heterocycles. The largest absolute Gasteiger partial charge is 0.495 e. The van der Waals surface area contributed by atoms with Gasteiger partial charge in [-0.3, -0.25) is 4.90 Å². The number of thiophene rings is 1. The molecule has 4 rings (SSSR count). The molecule has 0 saturated heterocycles. The Labute approximate surface area is 165 Å². The number of aromatic nitrogens is 2. The van der Waals surface area contributed by atoms with Crippen molar-refractivity contribution in [2.45, 2.75) is 26.1 Å². The van der Waals surface area contributed by atoms with Gasteiger partial charge in [0, 0.05) is 17.5 Å². The third-order valence-corrected chi connectivity index (χ3v) is 6.89. The van der Waals surface area contributed by atoms with Crippen LogP contribution >= 0.6 is 34.9 Å². The normalized spacial score (nSPS) is 17.1. The van der Waals surface area contributed by atoms with E-state index in [-0.39, 0.29) is 0 Å². The molecule has 0 fully saturated rings. The highest BCUT2D eigenvalue weighted by Crippen LogP contribution is 2.33. The van der Waals surface area contributed by atoms with Gasteiger partial charge in [0.05, 0.1) is 19.5 Å². The van der Waals surface area contributed by atoms with Crippen LogP contribution in [-0.2, 0) is 13.1 Å². The van der Waals surface area contributed by atoms with E-state index >= 15 is 0 Å². The van der Waals surface area contributed by atoms with Crippen LogP contribution in [0.1, 0.15) is 23.4 Å². The van der Waals surface area contributed by atoms with Gasteiger partial charge in [-0.1, -0.05) is 23.5 Å². The maximum absolute atomic E-state index is 5.54. The molecule has 0 unspecified atom stereocenters. The number of hydrogen-bond acceptors (Lipinski definition) is 7. The summed E-state index contributed by atoms with van der Waals surface area (Å²) < 4.78 is 8.07. The van der Waals surface area contributed by atoms with Crippen molar-refractivity contribution in [3.63, 3.8) is 0 Å². The molecule has 1 aliphatic rings. The second kappa shape index (κ2) is 7.48. The molecule has 8 heteroatoms. The molecule has 3 heterocycles. The summed E-state index contributed by atoms with van der Waals surface area (Å²) in [5, 5.41) is 11.0. The maximum atomic E-state index is 5.54. The Morgan fingerprint density at radius 2 is 2.19 bits per heavy atom. The van der Waals surface area contributed by atoms with Gasteiger partial charge >= 0.3 is 0 Å². The summed E-state index contributed by atoms with van der Waals surface area (Å²) in [4.78, 5) is 3.94. The number of ether oxygens (including phenoxy) is 1. The van der Waals surface area contributed by atoms with Crippen LogP contribution in [0.5, 0.6) is 5.75 Å². The van der Waals surface area contributed by atoms with Gasteiger partial charge in [-0.2, -0.15) is 0 Å². The molecule has 2 aromatic heterocycles. The second-order valence-electron chi connectivity index (χ2n) is 6.18. The quantitative estimate of drug-likeness (QED) is 0.602. The molecule has 5 nitrogen and oxygen atoms in total. The summed E-state index contributed by atoms with van der Waals surface area (Å²) in [5.74, 6) is 0.787. The molecule has 0 spiro atoms. The van der Waals surface area contributed by atoms with Crippen LogP contribution in [-0.4, -0.2) is 28.3 Å². The highest BCUT2D eigenvalue weighted by atomic mass is 32.1. The molecule has 0 aliphatic carbocycles. The smallest absolute Gasteiger partial charge is 0.209 e. The van der Waals surface area contributed by atoms with E-state index < -0.39 is 0 Å². The summed E-state index contributed by atoms with van der Waals surface area (Å²) in [7, 11) is 1.66. The zero-order chi connectivity index (χ0) is 18.1. The van der Waals surface area contributed by atoms with Crippen molar-refractivity contribution in [3.8, 4) is 5.75 Å². The Morgan fingerprint density at radius 1 is 1.35 bits per heavy atom. The van der Waals surface area contributed by atoms with Crippen LogP contribution < -0.4 is 10.1 Å². The molecular weight excluding hydrogens is 384 g/mol. The Hall–Kier alpha value is -1.74. The molecule has 1 N–H and O–H groups in total. The number of nitrogens with zero attached hydrogens (tertiary/aromatic N) is 3. The molecule has 0 radical (unpaired) electrons. The lowest BCUT2D eigenvalue weighted by atomic mass is 10.0. The van der Waals surface area contributed by atoms with Gasteiger partial charge in [-0.05, 0) is 54.7 Å². The van der Waals surface area contributed by atoms with E-state index in [0.29, 0.717) is 12.7 Å². The average Bonchev–Trinajstić information content (AvgIpc) is 3.25. The van der Waals surface area contributed by atoms with Gasteiger partial charge in [-0.25, -0.2) is 4.68 Å². The Balaban J connectivity index is 1.52. The summed E-state index contributed by atoms with van der Waals surface area (Å²) >= 11 is 8.88. The van der Waals surface area contributed by atoms with E-state index in [0.717, 1.165) is 33.5 Å². The summed E-state index contributed by atoms with van der Waals surface area (Å²) in [6.45, 7) is 4.00. The topological polar surface area (TPSA) is 42.3 Å². The fourth-order valence-electron chi connectivity index (χ4n) is 3.24. The minimum Gasteiger partial charge on any atom is -0.495 e. The fraction of sp³-hybridized carbons (Fsp3) is 0.333. The standard InChI is InChI=1S/C18H20N4OS3/c1-12-13-8-10-25-16(13)7-9-21(12)11-22-18(24)26-17(20-22)19-14-5-3-4-6-15(14)23-2/h3-6,8,10,12H,7,9,11H2,1-2H3,(H,19,20)/t12-/m1/s1. The van der Waals surface area contributed by atoms with Gasteiger partial charge in [0.25, 0.3) is 0 Å². The zero-order valence-electron chi connectivity index (χ0n) is 14.6. The van der Waals surface area contributed by atoms with Gasteiger partial charge in [0.2, 0.25) is 5.13 Å². The molecule has 0 bridgehead atoms. The number of hydrogen-bond donors (Lipinski definition) is 1. The van der Waals surface area contributed by atoms with Gasteiger partial charge in [0.1, 0.15) is 5.75 Å². The van der Waals surface area contributed by atoms with Crippen LogP contribution in [0.2, 0.25) is 0 Å². The van der Waals surface area contributed by atoms with Gasteiger partial charge < -0.3 is 10.1 Å². The van der Waals surface area contributed by atoms with Crippen molar-refractivity contribution in [3.05, 3.63) is 50.1 Å². The molecule has 0 amide bonds. The SMILES string of the molecule is COc1ccccc1Nc1nn(CN2CCc3sccc3[C@H]2C)c(=S)s1. The number of rotatable bonds is 5. The van der Waals surface area contributed by atoms with E-state index in [9.17, 15) is 0 Å². The van der Waals surface area contributed by atoms with Gasteiger partial charge in [0.15, 0.2) is 3.95 Å². The second-order valence-corrected chi connectivity index (χ2v) is 8.80. The van der Waals surface area contributed by atoms with E-state index in [1.54, 1.807) is 7.11 Å².